The van der Waals surface area contributed by atoms with Gasteiger partial charge in [0.15, 0.2) is 0 Å². The van der Waals surface area contributed by atoms with E-state index >= 15 is 0 Å². The van der Waals surface area contributed by atoms with Gasteiger partial charge < -0.3 is 19.6 Å². The molecule has 5 rings (SSSR count). The zero-order valence-electron chi connectivity index (χ0n) is 18.6. The molecule has 1 N–H and O–H groups in total. The molecular formula is C25H27ClN4O3. The van der Waals surface area contributed by atoms with Gasteiger partial charge in [-0.3, -0.25) is 4.79 Å². The molecule has 1 aromatic heterocycles. The first-order valence-corrected chi connectivity index (χ1v) is 11.7. The fraction of sp³-hybridized carbons (Fsp3) is 0.400. The SMILES string of the molecule is COc1nc2c(c(N3CCC(CC(=O)O)CC3)n1)CCN(c1cccc3cccc(Cl)c13)C2. The first kappa shape index (κ1) is 21.8. The molecule has 0 aliphatic carbocycles. The number of carboxylic acid groups (broad SMARTS) is 1. The average molecular weight is 467 g/mol. The van der Waals surface area contributed by atoms with E-state index in [4.69, 9.17) is 31.4 Å². The number of fused-ring (bicyclic) bond motifs is 2. The maximum atomic E-state index is 11.1. The lowest BCUT2D eigenvalue weighted by Gasteiger charge is -2.36. The number of methoxy groups -OCH3 is 1. The molecule has 0 amide bonds. The number of ether oxygens (including phenoxy) is 1. The predicted molar refractivity (Wildman–Crippen MR) is 129 cm³/mol. The van der Waals surface area contributed by atoms with Crippen LogP contribution in [0.25, 0.3) is 10.8 Å². The summed E-state index contributed by atoms with van der Waals surface area (Å²) in [5, 5.41) is 12.0. The van der Waals surface area contributed by atoms with E-state index in [-0.39, 0.29) is 12.3 Å². The van der Waals surface area contributed by atoms with Crippen LogP contribution in [0.3, 0.4) is 0 Å². The van der Waals surface area contributed by atoms with Crippen LogP contribution in [0.15, 0.2) is 36.4 Å². The van der Waals surface area contributed by atoms with Gasteiger partial charge in [0.1, 0.15) is 5.82 Å². The molecule has 1 fully saturated rings. The highest BCUT2D eigenvalue weighted by atomic mass is 35.5. The smallest absolute Gasteiger partial charge is 0.318 e. The maximum absolute atomic E-state index is 11.1. The van der Waals surface area contributed by atoms with Gasteiger partial charge in [-0.15, -0.1) is 0 Å². The highest BCUT2D eigenvalue weighted by Gasteiger charge is 2.29. The topological polar surface area (TPSA) is 78.8 Å². The third-order valence-corrected chi connectivity index (χ3v) is 7.07. The Morgan fingerprint density at radius 3 is 2.61 bits per heavy atom. The third-order valence-electron chi connectivity index (χ3n) is 6.76. The Balaban J connectivity index is 1.44. The van der Waals surface area contributed by atoms with E-state index in [1.807, 2.05) is 12.1 Å². The monoisotopic (exact) mass is 466 g/mol. The summed E-state index contributed by atoms with van der Waals surface area (Å²) in [4.78, 5) is 25.1. The summed E-state index contributed by atoms with van der Waals surface area (Å²) in [5.41, 5.74) is 3.24. The molecule has 0 saturated carbocycles. The van der Waals surface area contributed by atoms with Gasteiger partial charge in [0.2, 0.25) is 0 Å². The molecule has 0 bridgehead atoms. The lowest BCUT2D eigenvalue weighted by molar-refractivity contribution is -0.138. The first-order valence-electron chi connectivity index (χ1n) is 11.4. The molecule has 2 aromatic carbocycles. The van der Waals surface area contributed by atoms with Crippen molar-refractivity contribution in [2.75, 3.05) is 36.5 Å². The van der Waals surface area contributed by atoms with Gasteiger partial charge in [-0.05, 0) is 42.7 Å². The maximum Gasteiger partial charge on any atom is 0.318 e. The molecule has 0 unspecified atom stereocenters. The molecule has 33 heavy (non-hydrogen) atoms. The Morgan fingerprint density at radius 2 is 1.88 bits per heavy atom. The molecule has 2 aliphatic heterocycles. The van der Waals surface area contributed by atoms with Crippen molar-refractivity contribution in [3.63, 3.8) is 0 Å². The van der Waals surface area contributed by atoms with Gasteiger partial charge >= 0.3 is 12.0 Å². The molecule has 0 atom stereocenters. The number of hydrogen-bond donors (Lipinski definition) is 1. The van der Waals surface area contributed by atoms with Crippen LogP contribution in [0.1, 0.15) is 30.5 Å². The number of carboxylic acids is 1. The van der Waals surface area contributed by atoms with Gasteiger partial charge in [-0.2, -0.15) is 9.97 Å². The van der Waals surface area contributed by atoms with E-state index in [0.717, 1.165) is 77.5 Å². The van der Waals surface area contributed by atoms with Crippen molar-refractivity contribution in [1.82, 2.24) is 9.97 Å². The van der Waals surface area contributed by atoms with E-state index < -0.39 is 5.97 Å². The largest absolute Gasteiger partial charge is 0.481 e. The standard InChI is InChI=1S/C25H27ClN4O3/c1-33-25-27-20-15-30(21-7-3-5-17-4-2-6-19(26)23(17)21)13-10-18(20)24(28-25)29-11-8-16(9-12-29)14-22(31)32/h2-7,16H,8-15H2,1H3,(H,31,32). The summed E-state index contributed by atoms with van der Waals surface area (Å²) in [6.45, 7) is 3.09. The fourth-order valence-corrected chi connectivity index (χ4v) is 5.36. The van der Waals surface area contributed by atoms with Crippen molar-refractivity contribution >= 4 is 39.8 Å². The molecule has 3 aromatic rings. The molecule has 8 heteroatoms. The van der Waals surface area contributed by atoms with E-state index in [1.165, 1.54) is 0 Å². The minimum atomic E-state index is -0.719. The zero-order valence-corrected chi connectivity index (χ0v) is 19.4. The van der Waals surface area contributed by atoms with Crippen molar-refractivity contribution in [1.29, 1.82) is 0 Å². The number of anilines is 2. The number of aliphatic carboxylic acids is 1. The molecule has 172 valence electrons. The molecule has 0 spiro atoms. The highest BCUT2D eigenvalue weighted by molar-refractivity contribution is 6.36. The number of nitrogens with zero attached hydrogens (tertiary/aromatic N) is 4. The molecule has 3 heterocycles. The number of benzene rings is 2. The van der Waals surface area contributed by atoms with E-state index in [2.05, 4.69) is 34.1 Å². The van der Waals surface area contributed by atoms with Crippen LogP contribution >= 0.6 is 11.6 Å². The number of carbonyl (C=O) groups is 1. The Morgan fingerprint density at radius 1 is 1.12 bits per heavy atom. The predicted octanol–water partition coefficient (Wildman–Crippen LogP) is 4.55. The summed E-state index contributed by atoms with van der Waals surface area (Å²) in [6.07, 6.45) is 2.77. The van der Waals surface area contributed by atoms with Crippen LogP contribution < -0.4 is 14.5 Å². The minimum absolute atomic E-state index is 0.227. The lowest BCUT2D eigenvalue weighted by atomic mass is 9.93. The number of piperidine rings is 1. The summed E-state index contributed by atoms with van der Waals surface area (Å²) in [6, 6.07) is 12.6. The van der Waals surface area contributed by atoms with Gasteiger partial charge in [0.05, 0.1) is 24.4 Å². The number of aromatic nitrogens is 2. The first-order chi connectivity index (χ1) is 16.0. The van der Waals surface area contributed by atoms with Crippen LogP contribution in [-0.2, 0) is 17.8 Å². The van der Waals surface area contributed by atoms with Crippen molar-refractivity contribution in [2.45, 2.75) is 32.2 Å². The van der Waals surface area contributed by atoms with Gasteiger partial charge in [0, 0.05) is 42.7 Å². The molecule has 0 radical (unpaired) electrons. The van der Waals surface area contributed by atoms with Crippen LogP contribution in [-0.4, -0.2) is 47.8 Å². The average Bonchev–Trinajstić information content (AvgIpc) is 2.83. The highest BCUT2D eigenvalue weighted by Crippen LogP contribution is 2.37. The van der Waals surface area contributed by atoms with Crippen molar-refractivity contribution in [3.05, 3.63) is 52.7 Å². The molecule has 1 saturated heterocycles. The Kier molecular flexibility index (Phi) is 5.98. The fourth-order valence-electron chi connectivity index (χ4n) is 5.08. The summed E-state index contributed by atoms with van der Waals surface area (Å²) in [7, 11) is 1.59. The van der Waals surface area contributed by atoms with Crippen LogP contribution in [0.2, 0.25) is 5.02 Å². The summed E-state index contributed by atoms with van der Waals surface area (Å²) in [5.74, 6) is 0.439. The van der Waals surface area contributed by atoms with Gasteiger partial charge in [0.25, 0.3) is 0 Å². The Bertz CT molecular complexity index is 1190. The lowest BCUT2D eigenvalue weighted by Crippen LogP contribution is -2.38. The summed E-state index contributed by atoms with van der Waals surface area (Å²) < 4.78 is 5.45. The van der Waals surface area contributed by atoms with Crippen molar-refractivity contribution in [3.8, 4) is 6.01 Å². The third kappa shape index (κ3) is 4.29. The Hall–Kier alpha value is -3.06. The van der Waals surface area contributed by atoms with E-state index in [9.17, 15) is 4.79 Å². The quantitative estimate of drug-likeness (QED) is 0.591. The molecule has 7 nitrogen and oxygen atoms in total. The number of rotatable bonds is 5. The zero-order chi connectivity index (χ0) is 22.9. The second-order valence-electron chi connectivity index (χ2n) is 8.77. The number of hydrogen-bond acceptors (Lipinski definition) is 6. The molecular weight excluding hydrogens is 440 g/mol. The second-order valence-corrected chi connectivity index (χ2v) is 9.18. The van der Waals surface area contributed by atoms with Crippen molar-refractivity contribution < 1.29 is 14.6 Å². The summed E-state index contributed by atoms with van der Waals surface area (Å²) >= 11 is 6.58. The van der Waals surface area contributed by atoms with Gasteiger partial charge in [-0.1, -0.05) is 35.9 Å². The number of halogens is 1. The minimum Gasteiger partial charge on any atom is -0.481 e. The van der Waals surface area contributed by atoms with Crippen LogP contribution in [0.5, 0.6) is 6.01 Å². The van der Waals surface area contributed by atoms with Crippen LogP contribution in [0, 0.1) is 5.92 Å². The normalized spacial score (nSPS) is 16.7. The van der Waals surface area contributed by atoms with Gasteiger partial charge in [-0.25, -0.2) is 0 Å². The second kappa shape index (κ2) is 9.06. The molecule has 2 aliphatic rings. The van der Waals surface area contributed by atoms with Crippen molar-refractivity contribution in [2.24, 2.45) is 5.92 Å². The Labute approximate surface area is 198 Å². The van der Waals surface area contributed by atoms with E-state index in [1.54, 1.807) is 7.11 Å². The van der Waals surface area contributed by atoms with Crippen LogP contribution in [0.4, 0.5) is 11.5 Å². The van der Waals surface area contributed by atoms with E-state index in [0.29, 0.717) is 12.6 Å².